The normalized spacial score (nSPS) is 20.1. The third-order valence-corrected chi connectivity index (χ3v) is 4.62. The number of halogens is 2. The first-order valence-electron chi connectivity index (χ1n) is 6.14. The molecule has 1 aliphatic carbocycles. The molecule has 0 atom stereocenters. The van der Waals surface area contributed by atoms with E-state index < -0.39 is 11.6 Å². The molecule has 0 aromatic heterocycles. The summed E-state index contributed by atoms with van der Waals surface area (Å²) < 4.78 is 26.5. The number of anilines is 2. The first-order chi connectivity index (χ1) is 8.59. The molecule has 1 aliphatic rings. The SMILES string of the molecule is CC1(C)C(C(=O)Nc2c(N)cc(F)cc2F)C1(C)C. The van der Waals surface area contributed by atoms with Gasteiger partial charge in [-0.1, -0.05) is 27.7 Å². The van der Waals surface area contributed by atoms with Crippen LogP contribution in [0.1, 0.15) is 27.7 Å². The lowest BCUT2D eigenvalue weighted by atomic mass is 10.0. The van der Waals surface area contributed by atoms with Crippen LogP contribution < -0.4 is 11.1 Å². The van der Waals surface area contributed by atoms with Gasteiger partial charge in [0.05, 0.1) is 5.69 Å². The molecule has 0 aliphatic heterocycles. The molecule has 19 heavy (non-hydrogen) atoms. The van der Waals surface area contributed by atoms with Crippen molar-refractivity contribution < 1.29 is 13.6 Å². The molecule has 5 heteroatoms. The monoisotopic (exact) mass is 268 g/mol. The van der Waals surface area contributed by atoms with Crippen molar-refractivity contribution in [2.24, 2.45) is 16.7 Å². The molecule has 1 amide bonds. The summed E-state index contributed by atoms with van der Waals surface area (Å²) in [5, 5.41) is 2.47. The highest BCUT2D eigenvalue weighted by Crippen LogP contribution is 2.68. The van der Waals surface area contributed by atoms with E-state index in [-0.39, 0.29) is 34.0 Å². The van der Waals surface area contributed by atoms with Crippen LogP contribution in [-0.2, 0) is 4.79 Å². The number of hydrogen-bond donors (Lipinski definition) is 2. The molecule has 0 radical (unpaired) electrons. The Morgan fingerprint density at radius 2 is 1.74 bits per heavy atom. The lowest BCUT2D eigenvalue weighted by Gasteiger charge is -2.10. The standard InChI is InChI=1S/C14H18F2N2O/c1-13(2)11(14(13,3)4)12(19)18-10-8(16)5-7(15)6-9(10)17/h5-6,11H,17H2,1-4H3,(H,18,19). The average molecular weight is 268 g/mol. The second-order valence-electron chi connectivity index (χ2n) is 6.22. The van der Waals surface area contributed by atoms with E-state index in [0.717, 1.165) is 6.07 Å². The van der Waals surface area contributed by atoms with Gasteiger partial charge in [0, 0.05) is 12.0 Å². The van der Waals surface area contributed by atoms with Crippen LogP contribution in [0.25, 0.3) is 0 Å². The highest BCUT2D eigenvalue weighted by molar-refractivity contribution is 5.98. The molecule has 3 N–H and O–H groups in total. The van der Waals surface area contributed by atoms with E-state index in [1.165, 1.54) is 0 Å². The van der Waals surface area contributed by atoms with Gasteiger partial charge in [0.15, 0.2) is 5.82 Å². The number of rotatable bonds is 2. The summed E-state index contributed by atoms with van der Waals surface area (Å²) in [5.41, 5.74) is 4.97. The van der Waals surface area contributed by atoms with Gasteiger partial charge in [-0.15, -0.1) is 0 Å². The zero-order chi connectivity index (χ0) is 14.6. The molecule has 3 nitrogen and oxygen atoms in total. The molecule has 0 bridgehead atoms. The summed E-state index contributed by atoms with van der Waals surface area (Å²) in [7, 11) is 0. The first kappa shape index (κ1) is 13.8. The smallest absolute Gasteiger partial charge is 0.228 e. The number of carbonyl (C=O) groups is 1. The van der Waals surface area contributed by atoms with Crippen molar-refractivity contribution in [3.8, 4) is 0 Å². The highest BCUT2D eigenvalue weighted by Gasteiger charge is 2.68. The first-order valence-corrected chi connectivity index (χ1v) is 6.14. The van der Waals surface area contributed by atoms with Crippen LogP contribution in [0.4, 0.5) is 20.2 Å². The molecule has 1 aromatic rings. The van der Waals surface area contributed by atoms with Crippen molar-refractivity contribution in [3.05, 3.63) is 23.8 Å². The minimum Gasteiger partial charge on any atom is -0.397 e. The van der Waals surface area contributed by atoms with Crippen LogP contribution in [-0.4, -0.2) is 5.91 Å². The number of nitrogens with two attached hydrogens (primary N) is 1. The number of amides is 1. The fraction of sp³-hybridized carbons (Fsp3) is 0.500. The molecule has 1 aromatic carbocycles. The Morgan fingerprint density at radius 1 is 1.21 bits per heavy atom. The molecular formula is C14H18F2N2O. The summed E-state index contributed by atoms with van der Waals surface area (Å²) >= 11 is 0. The van der Waals surface area contributed by atoms with Gasteiger partial charge in [0.2, 0.25) is 5.91 Å². The zero-order valence-corrected chi connectivity index (χ0v) is 11.5. The van der Waals surface area contributed by atoms with E-state index in [0.29, 0.717) is 6.07 Å². The van der Waals surface area contributed by atoms with Crippen LogP contribution in [0, 0.1) is 28.4 Å². The summed E-state index contributed by atoms with van der Waals surface area (Å²) in [4.78, 5) is 12.2. The summed E-state index contributed by atoms with van der Waals surface area (Å²) in [6.07, 6.45) is 0. The van der Waals surface area contributed by atoms with Gasteiger partial charge in [-0.2, -0.15) is 0 Å². The van der Waals surface area contributed by atoms with E-state index in [1.807, 2.05) is 27.7 Å². The largest absolute Gasteiger partial charge is 0.397 e. The molecule has 0 saturated heterocycles. The third kappa shape index (κ3) is 1.97. The minimum atomic E-state index is -0.859. The zero-order valence-electron chi connectivity index (χ0n) is 11.5. The van der Waals surface area contributed by atoms with Crippen molar-refractivity contribution in [1.82, 2.24) is 0 Å². The molecule has 0 unspecified atom stereocenters. The van der Waals surface area contributed by atoms with E-state index in [9.17, 15) is 13.6 Å². The van der Waals surface area contributed by atoms with Gasteiger partial charge < -0.3 is 11.1 Å². The van der Waals surface area contributed by atoms with E-state index >= 15 is 0 Å². The Labute approximate surface area is 111 Å². The molecule has 0 heterocycles. The number of benzene rings is 1. The molecular weight excluding hydrogens is 250 g/mol. The molecule has 2 rings (SSSR count). The van der Waals surface area contributed by atoms with Crippen LogP contribution in [0.2, 0.25) is 0 Å². The molecule has 1 fully saturated rings. The number of carbonyl (C=O) groups excluding carboxylic acids is 1. The van der Waals surface area contributed by atoms with Gasteiger partial charge in [0.1, 0.15) is 11.5 Å². The Kier molecular flexibility index (Phi) is 2.84. The molecule has 0 spiro atoms. The van der Waals surface area contributed by atoms with Gasteiger partial charge >= 0.3 is 0 Å². The van der Waals surface area contributed by atoms with Gasteiger partial charge in [-0.3, -0.25) is 4.79 Å². The maximum atomic E-state index is 13.6. The maximum absolute atomic E-state index is 13.6. The summed E-state index contributed by atoms with van der Waals surface area (Å²) in [6.45, 7) is 7.95. The second-order valence-corrected chi connectivity index (χ2v) is 6.22. The lowest BCUT2D eigenvalue weighted by Crippen LogP contribution is -2.19. The van der Waals surface area contributed by atoms with Crippen LogP contribution in [0.3, 0.4) is 0 Å². The predicted octanol–water partition coefficient (Wildman–Crippen LogP) is 3.17. The van der Waals surface area contributed by atoms with Crippen molar-refractivity contribution in [2.75, 3.05) is 11.1 Å². The van der Waals surface area contributed by atoms with Crippen molar-refractivity contribution in [2.45, 2.75) is 27.7 Å². The maximum Gasteiger partial charge on any atom is 0.228 e. The third-order valence-electron chi connectivity index (χ3n) is 4.62. The highest BCUT2D eigenvalue weighted by atomic mass is 19.1. The second kappa shape index (κ2) is 3.92. The number of hydrogen-bond acceptors (Lipinski definition) is 2. The topological polar surface area (TPSA) is 55.1 Å². The van der Waals surface area contributed by atoms with Gasteiger partial charge in [-0.25, -0.2) is 8.78 Å². The van der Waals surface area contributed by atoms with Gasteiger partial charge in [0.25, 0.3) is 0 Å². The minimum absolute atomic E-state index is 0.109. The Balaban J connectivity index is 2.23. The van der Waals surface area contributed by atoms with E-state index in [2.05, 4.69) is 5.32 Å². The van der Waals surface area contributed by atoms with Crippen molar-refractivity contribution >= 4 is 17.3 Å². The Morgan fingerprint density at radius 3 is 2.16 bits per heavy atom. The number of nitrogen functional groups attached to an aromatic ring is 1. The summed E-state index contributed by atoms with van der Waals surface area (Å²) in [5.74, 6) is -2.13. The fourth-order valence-electron chi connectivity index (χ4n) is 2.77. The fourth-order valence-corrected chi connectivity index (χ4v) is 2.77. The lowest BCUT2D eigenvalue weighted by molar-refractivity contribution is -0.118. The quantitative estimate of drug-likeness (QED) is 0.809. The van der Waals surface area contributed by atoms with Crippen LogP contribution in [0.15, 0.2) is 12.1 Å². The van der Waals surface area contributed by atoms with Gasteiger partial charge in [-0.05, 0) is 16.9 Å². The Hall–Kier alpha value is -1.65. The summed E-state index contributed by atoms with van der Waals surface area (Å²) in [6, 6.07) is 1.69. The van der Waals surface area contributed by atoms with Crippen molar-refractivity contribution in [3.63, 3.8) is 0 Å². The van der Waals surface area contributed by atoms with Crippen molar-refractivity contribution in [1.29, 1.82) is 0 Å². The van der Waals surface area contributed by atoms with E-state index in [4.69, 9.17) is 5.73 Å². The molecule has 104 valence electrons. The number of nitrogens with one attached hydrogen (secondary N) is 1. The van der Waals surface area contributed by atoms with E-state index in [1.54, 1.807) is 0 Å². The predicted molar refractivity (Wildman–Crippen MR) is 70.5 cm³/mol. The van der Waals surface area contributed by atoms with Crippen LogP contribution in [0.5, 0.6) is 0 Å². The van der Waals surface area contributed by atoms with Crippen LogP contribution >= 0.6 is 0 Å². The average Bonchev–Trinajstić information content (AvgIpc) is 2.63. The molecule has 1 saturated carbocycles. The Bertz CT molecular complexity index is 515.